The largest absolute Gasteiger partial charge is 0.497 e. The Labute approximate surface area is 123 Å². The van der Waals surface area contributed by atoms with Gasteiger partial charge in [0.25, 0.3) is 0 Å². The molecule has 0 saturated carbocycles. The molecule has 19 heavy (non-hydrogen) atoms. The van der Waals surface area contributed by atoms with Crippen molar-refractivity contribution in [3.63, 3.8) is 0 Å². The van der Waals surface area contributed by atoms with Crippen molar-refractivity contribution in [1.82, 2.24) is 5.32 Å². The van der Waals surface area contributed by atoms with Crippen LogP contribution < -0.4 is 10.1 Å². The monoisotopic (exact) mass is 295 g/mol. The molecule has 1 aromatic carbocycles. The topological polar surface area (TPSA) is 21.3 Å². The summed E-state index contributed by atoms with van der Waals surface area (Å²) in [5, 5.41) is 3.44. The summed E-state index contributed by atoms with van der Waals surface area (Å²) in [4.78, 5) is 1.20. The molecule has 1 heterocycles. The third kappa shape index (κ3) is 3.72. The van der Waals surface area contributed by atoms with Crippen LogP contribution in [0.3, 0.4) is 0 Å². The normalized spacial score (nSPS) is 10.7. The zero-order valence-electron chi connectivity index (χ0n) is 11.2. The summed E-state index contributed by atoms with van der Waals surface area (Å²) in [7, 11) is 1.69. The van der Waals surface area contributed by atoms with Crippen molar-refractivity contribution >= 4 is 22.9 Å². The molecule has 0 bridgehead atoms. The van der Waals surface area contributed by atoms with Crippen LogP contribution in [0.2, 0.25) is 4.34 Å². The highest BCUT2D eigenvalue weighted by Crippen LogP contribution is 2.34. The molecule has 0 amide bonds. The van der Waals surface area contributed by atoms with Crippen LogP contribution in [0.15, 0.2) is 30.3 Å². The van der Waals surface area contributed by atoms with E-state index < -0.39 is 0 Å². The van der Waals surface area contributed by atoms with Gasteiger partial charge in [0.05, 0.1) is 11.4 Å². The predicted molar refractivity (Wildman–Crippen MR) is 83.3 cm³/mol. The van der Waals surface area contributed by atoms with Gasteiger partial charge in [0.2, 0.25) is 0 Å². The molecule has 0 fully saturated rings. The van der Waals surface area contributed by atoms with Gasteiger partial charge in [-0.1, -0.05) is 18.5 Å². The number of hydrogen-bond donors (Lipinski definition) is 1. The Bertz CT molecular complexity index is 539. The first-order valence-electron chi connectivity index (χ1n) is 6.38. The molecule has 1 aromatic heterocycles. The first-order chi connectivity index (χ1) is 9.24. The molecule has 2 aromatic rings. The lowest BCUT2D eigenvalue weighted by atomic mass is 10.1. The number of methoxy groups -OCH3 is 1. The summed E-state index contributed by atoms with van der Waals surface area (Å²) < 4.78 is 6.12. The minimum absolute atomic E-state index is 0.818. The Kier molecular flexibility index (Phi) is 5.25. The third-order valence-corrected chi connectivity index (χ3v) is 4.16. The van der Waals surface area contributed by atoms with Gasteiger partial charge in [-0.2, -0.15) is 0 Å². The van der Waals surface area contributed by atoms with Gasteiger partial charge >= 0.3 is 0 Å². The van der Waals surface area contributed by atoms with Crippen LogP contribution in [0.4, 0.5) is 0 Å². The molecule has 0 unspecified atom stereocenters. The number of rotatable bonds is 6. The molecule has 0 saturated heterocycles. The molecule has 2 nitrogen and oxygen atoms in total. The Morgan fingerprint density at radius 3 is 2.74 bits per heavy atom. The second-order valence-corrected chi connectivity index (χ2v) is 6.02. The maximum absolute atomic E-state index is 6.03. The Morgan fingerprint density at radius 2 is 2.11 bits per heavy atom. The molecule has 2 rings (SSSR count). The van der Waals surface area contributed by atoms with Crippen molar-refractivity contribution in [3.8, 4) is 16.2 Å². The van der Waals surface area contributed by atoms with Crippen molar-refractivity contribution in [2.45, 2.75) is 19.9 Å². The van der Waals surface area contributed by atoms with Crippen LogP contribution in [0, 0.1) is 0 Å². The van der Waals surface area contributed by atoms with E-state index in [0.717, 1.165) is 29.6 Å². The Morgan fingerprint density at radius 1 is 1.26 bits per heavy atom. The number of thiophene rings is 1. The zero-order chi connectivity index (χ0) is 13.7. The van der Waals surface area contributed by atoms with E-state index in [1.165, 1.54) is 16.0 Å². The molecule has 0 aliphatic carbocycles. The van der Waals surface area contributed by atoms with E-state index in [9.17, 15) is 0 Å². The highest BCUT2D eigenvalue weighted by atomic mass is 35.5. The van der Waals surface area contributed by atoms with Gasteiger partial charge in [-0.15, -0.1) is 11.3 Å². The van der Waals surface area contributed by atoms with Crippen molar-refractivity contribution in [2.75, 3.05) is 13.7 Å². The number of halogens is 1. The quantitative estimate of drug-likeness (QED) is 0.788. The summed E-state index contributed by atoms with van der Waals surface area (Å²) in [6.07, 6.45) is 1.13. The summed E-state index contributed by atoms with van der Waals surface area (Å²) in [5.74, 6) is 0.889. The molecule has 0 spiro atoms. The number of nitrogens with one attached hydrogen (secondary N) is 1. The van der Waals surface area contributed by atoms with E-state index in [1.807, 2.05) is 12.1 Å². The van der Waals surface area contributed by atoms with Crippen LogP contribution in [0.1, 0.15) is 18.9 Å². The highest BCUT2D eigenvalue weighted by Gasteiger charge is 2.09. The zero-order valence-corrected chi connectivity index (χ0v) is 12.8. The van der Waals surface area contributed by atoms with Crippen LogP contribution in [-0.2, 0) is 6.54 Å². The van der Waals surface area contributed by atoms with E-state index in [0.29, 0.717) is 0 Å². The van der Waals surface area contributed by atoms with Crippen molar-refractivity contribution < 1.29 is 4.74 Å². The fourth-order valence-corrected chi connectivity index (χ4v) is 3.05. The summed E-state index contributed by atoms with van der Waals surface area (Å²) in [5.41, 5.74) is 2.47. The molecule has 102 valence electrons. The third-order valence-electron chi connectivity index (χ3n) is 2.89. The highest BCUT2D eigenvalue weighted by molar-refractivity contribution is 7.19. The molecule has 0 aliphatic rings. The molecule has 1 N–H and O–H groups in total. The van der Waals surface area contributed by atoms with Gasteiger partial charge in [0.1, 0.15) is 5.75 Å². The van der Waals surface area contributed by atoms with Crippen LogP contribution >= 0.6 is 22.9 Å². The maximum atomic E-state index is 6.03. The molecule has 0 atom stereocenters. The van der Waals surface area contributed by atoms with E-state index in [-0.39, 0.29) is 0 Å². The van der Waals surface area contributed by atoms with Crippen LogP contribution in [-0.4, -0.2) is 13.7 Å². The first kappa shape index (κ1) is 14.4. The summed E-state index contributed by atoms with van der Waals surface area (Å²) in [6, 6.07) is 10.2. The average Bonchev–Trinajstić information content (AvgIpc) is 2.85. The maximum Gasteiger partial charge on any atom is 0.119 e. The van der Waals surface area contributed by atoms with Gasteiger partial charge < -0.3 is 10.1 Å². The van der Waals surface area contributed by atoms with Crippen LogP contribution in [0.25, 0.3) is 10.4 Å². The fraction of sp³-hybridized carbons (Fsp3) is 0.333. The van der Waals surface area contributed by atoms with E-state index in [1.54, 1.807) is 18.4 Å². The average molecular weight is 296 g/mol. The van der Waals surface area contributed by atoms with Gasteiger partial charge in [0, 0.05) is 11.4 Å². The number of benzene rings is 1. The fourth-order valence-electron chi connectivity index (χ4n) is 1.94. The van der Waals surface area contributed by atoms with E-state index in [2.05, 4.69) is 30.4 Å². The molecular formula is C15H18ClNOS. The van der Waals surface area contributed by atoms with Crippen molar-refractivity contribution in [2.24, 2.45) is 0 Å². The van der Waals surface area contributed by atoms with Gasteiger partial charge in [0.15, 0.2) is 0 Å². The summed E-state index contributed by atoms with van der Waals surface area (Å²) >= 11 is 7.63. The Balaban J connectivity index is 2.30. The molecule has 0 radical (unpaired) electrons. The van der Waals surface area contributed by atoms with E-state index >= 15 is 0 Å². The summed E-state index contributed by atoms with van der Waals surface area (Å²) in [6.45, 7) is 4.02. The lowest BCUT2D eigenvalue weighted by Gasteiger charge is -2.11. The molecule has 0 aliphatic heterocycles. The SMILES string of the molecule is CCCNCc1cc(OC)ccc1-c1ccc(Cl)s1. The van der Waals surface area contributed by atoms with Crippen molar-refractivity contribution in [3.05, 3.63) is 40.2 Å². The second kappa shape index (κ2) is 6.94. The lowest BCUT2D eigenvalue weighted by molar-refractivity contribution is 0.414. The predicted octanol–water partition coefficient (Wildman–Crippen LogP) is 4.58. The minimum Gasteiger partial charge on any atom is -0.497 e. The standard InChI is InChI=1S/C15H18ClNOS/c1-3-8-17-10-11-9-12(18-2)4-5-13(11)14-6-7-15(16)19-14/h4-7,9,17H,3,8,10H2,1-2H3. The Hall–Kier alpha value is -1.03. The van der Waals surface area contributed by atoms with Crippen LogP contribution in [0.5, 0.6) is 5.75 Å². The second-order valence-electron chi connectivity index (χ2n) is 4.30. The molecular weight excluding hydrogens is 278 g/mol. The number of hydrogen-bond acceptors (Lipinski definition) is 3. The van der Waals surface area contributed by atoms with Gasteiger partial charge in [-0.3, -0.25) is 0 Å². The van der Waals surface area contributed by atoms with E-state index in [4.69, 9.17) is 16.3 Å². The van der Waals surface area contributed by atoms with Gasteiger partial charge in [-0.05, 0) is 54.4 Å². The lowest BCUT2D eigenvalue weighted by Crippen LogP contribution is -2.14. The minimum atomic E-state index is 0.818. The first-order valence-corrected chi connectivity index (χ1v) is 7.57. The number of ether oxygens (including phenoxy) is 1. The van der Waals surface area contributed by atoms with Gasteiger partial charge in [-0.25, -0.2) is 0 Å². The molecule has 4 heteroatoms. The smallest absolute Gasteiger partial charge is 0.119 e. The van der Waals surface area contributed by atoms with Crippen molar-refractivity contribution in [1.29, 1.82) is 0 Å².